The van der Waals surface area contributed by atoms with Crippen LogP contribution in [0.1, 0.15) is 0 Å². The van der Waals surface area contributed by atoms with Crippen LogP contribution in [-0.2, 0) is 0 Å². The largest absolute Gasteiger partial charge is 0.369 e. The highest BCUT2D eigenvalue weighted by molar-refractivity contribution is 6.33. The first kappa shape index (κ1) is 13.5. The lowest BCUT2D eigenvalue weighted by atomic mass is 10.2. The van der Waals surface area contributed by atoms with Crippen molar-refractivity contribution in [2.45, 2.75) is 0 Å². The maximum Gasteiger partial charge on any atom is 0.169 e. The molecule has 0 spiro atoms. The zero-order valence-corrected chi connectivity index (χ0v) is 12.8. The summed E-state index contributed by atoms with van der Waals surface area (Å²) in [4.78, 5) is 2.36. The summed E-state index contributed by atoms with van der Waals surface area (Å²) in [5.74, 6) is 0.771. The average molecular weight is 314 g/mol. The number of halogens is 1. The zero-order valence-electron chi connectivity index (χ0n) is 12.0. The van der Waals surface area contributed by atoms with Gasteiger partial charge in [0.05, 0.1) is 5.02 Å². The minimum Gasteiger partial charge on any atom is -0.369 e. The molecule has 1 saturated heterocycles. The number of aromatic nitrogens is 3. The topological polar surface area (TPSA) is 45.5 Å². The molecule has 0 bridgehead atoms. The Morgan fingerprint density at radius 2 is 1.86 bits per heavy atom. The number of hydrogen-bond acceptors (Lipinski definition) is 4. The minimum atomic E-state index is 0.683. The first-order valence-electron chi connectivity index (χ1n) is 7.38. The lowest BCUT2D eigenvalue weighted by Gasteiger charge is -2.29. The second-order valence-corrected chi connectivity index (χ2v) is 5.76. The van der Waals surface area contributed by atoms with E-state index in [4.69, 9.17) is 11.6 Å². The summed E-state index contributed by atoms with van der Waals surface area (Å²) >= 11 is 6.27. The third-order valence-corrected chi connectivity index (χ3v) is 4.32. The molecule has 1 aliphatic rings. The molecule has 0 atom stereocenters. The first-order valence-corrected chi connectivity index (χ1v) is 7.76. The summed E-state index contributed by atoms with van der Waals surface area (Å²) in [6.07, 6.45) is 2.02. The standard InChI is InChI=1S/C16H16ClN5/c17-14-4-2-1-3-13(14)16-20-19-15-11-12(5-8-22(15)16)21-9-6-18-7-10-21/h1-5,8,11,18H,6-7,9-10H2. The Morgan fingerprint density at radius 1 is 1.05 bits per heavy atom. The predicted molar refractivity (Wildman–Crippen MR) is 88.5 cm³/mol. The third kappa shape index (κ3) is 2.32. The Bertz CT molecular complexity index is 807. The van der Waals surface area contributed by atoms with Crippen LogP contribution in [0.2, 0.25) is 5.02 Å². The second kappa shape index (κ2) is 5.59. The van der Waals surface area contributed by atoms with E-state index < -0.39 is 0 Å². The van der Waals surface area contributed by atoms with E-state index in [2.05, 4.69) is 32.5 Å². The van der Waals surface area contributed by atoms with Crippen LogP contribution in [0.3, 0.4) is 0 Å². The minimum absolute atomic E-state index is 0.683. The zero-order chi connectivity index (χ0) is 14.9. The van der Waals surface area contributed by atoms with Crippen LogP contribution in [0.5, 0.6) is 0 Å². The molecule has 1 aromatic carbocycles. The Hall–Kier alpha value is -2.11. The van der Waals surface area contributed by atoms with Crippen LogP contribution >= 0.6 is 11.6 Å². The molecule has 0 aliphatic carbocycles. The van der Waals surface area contributed by atoms with Gasteiger partial charge in [0.1, 0.15) is 0 Å². The number of benzene rings is 1. The Balaban J connectivity index is 1.76. The lowest BCUT2D eigenvalue weighted by molar-refractivity contribution is 0.589. The van der Waals surface area contributed by atoms with Gasteiger partial charge in [-0.2, -0.15) is 0 Å². The fourth-order valence-electron chi connectivity index (χ4n) is 2.83. The molecular formula is C16H16ClN5. The number of hydrogen-bond donors (Lipinski definition) is 1. The number of pyridine rings is 1. The molecule has 3 aromatic rings. The molecule has 0 saturated carbocycles. The van der Waals surface area contributed by atoms with E-state index in [1.165, 1.54) is 5.69 Å². The quantitative estimate of drug-likeness (QED) is 0.789. The highest BCUT2D eigenvalue weighted by Gasteiger charge is 2.14. The number of rotatable bonds is 2. The first-order chi connectivity index (χ1) is 10.8. The fraction of sp³-hybridized carbons (Fsp3) is 0.250. The summed E-state index contributed by atoms with van der Waals surface area (Å²) in [5, 5.41) is 12.7. The van der Waals surface area contributed by atoms with Crippen LogP contribution in [0.4, 0.5) is 5.69 Å². The van der Waals surface area contributed by atoms with Crippen LogP contribution < -0.4 is 10.2 Å². The molecule has 5 nitrogen and oxygen atoms in total. The van der Waals surface area contributed by atoms with Crippen LogP contribution in [-0.4, -0.2) is 40.8 Å². The number of fused-ring (bicyclic) bond motifs is 1. The molecule has 0 unspecified atom stereocenters. The Kier molecular flexibility index (Phi) is 3.44. The van der Waals surface area contributed by atoms with Crippen molar-refractivity contribution in [3.05, 3.63) is 47.6 Å². The molecule has 0 amide bonds. The van der Waals surface area contributed by atoms with Crippen molar-refractivity contribution in [1.29, 1.82) is 0 Å². The van der Waals surface area contributed by atoms with Gasteiger partial charge in [-0.05, 0) is 18.2 Å². The van der Waals surface area contributed by atoms with Gasteiger partial charge in [0.25, 0.3) is 0 Å². The van der Waals surface area contributed by atoms with Gasteiger partial charge in [0.15, 0.2) is 11.5 Å². The van der Waals surface area contributed by atoms with E-state index in [1.54, 1.807) is 0 Å². The fourth-order valence-corrected chi connectivity index (χ4v) is 3.05. The number of piperazine rings is 1. The summed E-state index contributed by atoms with van der Waals surface area (Å²) in [6.45, 7) is 4.06. The number of nitrogens with one attached hydrogen (secondary N) is 1. The lowest BCUT2D eigenvalue weighted by Crippen LogP contribution is -2.43. The maximum atomic E-state index is 6.27. The molecule has 1 N–H and O–H groups in total. The molecule has 22 heavy (non-hydrogen) atoms. The van der Waals surface area contributed by atoms with Crippen molar-refractivity contribution in [3.8, 4) is 11.4 Å². The number of anilines is 1. The van der Waals surface area contributed by atoms with Crippen molar-refractivity contribution < 1.29 is 0 Å². The van der Waals surface area contributed by atoms with Gasteiger partial charge in [0, 0.05) is 49.7 Å². The van der Waals surface area contributed by atoms with Gasteiger partial charge < -0.3 is 10.2 Å². The van der Waals surface area contributed by atoms with Crippen molar-refractivity contribution in [2.24, 2.45) is 0 Å². The summed E-state index contributed by atoms with van der Waals surface area (Å²) in [7, 11) is 0. The smallest absolute Gasteiger partial charge is 0.169 e. The second-order valence-electron chi connectivity index (χ2n) is 5.35. The molecule has 2 aromatic heterocycles. The normalized spacial score (nSPS) is 15.4. The van der Waals surface area contributed by atoms with Crippen LogP contribution in [0.25, 0.3) is 17.0 Å². The SMILES string of the molecule is Clc1ccccc1-c1nnc2cc(N3CCNCC3)ccn12. The van der Waals surface area contributed by atoms with Gasteiger partial charge in [-0.1, -0.05) is 23.7 Å². The molecule has 3 heterocycles. The molecule has 112 valence electrons. The summed E-state index contributed by atoms with van der Waals surface area (Å²) < 4.78 is 1.98. The molecule has 1 aliphatic heterocycles. The van der Waals surface area contributed by atoms with Gasteiger partial charge in [0.2, 0.25) is 0 Å². The van der Waals surface area contributed by atoms with Gasteiger partial charge in [-0.3, -0.25) is 4.40 Å². The Morgan fingerprint density at radius 3 is 2.68 bits per heavy atom. The van der Waals surface area contributed by atoms with E-state index in [0.29, 0.717) is 5.02 Å². The van der Waals surface area contributed by atoms with E-state index >= 15 is 0 Å². The number of nitrogens with zero attached hydrogens (tertiary/aromatic N) is 4. The van der Waals surface area contributed by atoms with Gasteiger partial charge >= 0.3 is 0 Å². The summed E-state index contributed by atoms with van der Waals surface area (Å²) in [6, 6.07) is 11.9. The van der Waals surface area contributed by atoms with Gasteiger partial charge in [-0.25, -0.2) is 0 Å². The van der Waals surface area contributed by atoms with E-state index in [1.807, 2.05) is 34.9 Å². The van der Waals surface area contributed by atoms with Crippen molar-refractivity contribution in [3.63, 3.8) is 0 Å². The molecule has 6 heteroatoms. The van der Waals surface area contributed by atoms with E-state index in [-0.39, 0.29) is 0 Å². The monoisotopic (exact) mass is 313 g/mol. The van der Waals surface area contributed by atoms with Crippen molar-refractivity contribution in [2.75, 3.05) is 31.1 Å². The average Bonchev–Trinajstić information content (AvgIpc) is 2.99. The molecule has 1 fully saturated rings. The van der Waals surface area contributed by atoms with Crippen LogP contribution in [0.15, 0.2) is 42.6 Å². The van der Waals surface area contributed by atoms with E-state index in [9.17, 15) is 0 Å². The third-order valence-electron chi connectivity index (χ3n) is 3.99. The molecule has 0 radical (unpaired) electrons. The molecular weight excluding hydrogens is 298 g/mol. The highest BCUT2D eigenvalue weighted by Crippen LogP contribution is 2.27. The van der Waals surface area contributed by atoms with Crippen LogP contribution in [0, 0.1) is 0 Å². The van der Waals surface area contributed by atoms with Crippen molar-refractivity contribution in [1.82, 2.24) is 19.9 Å². The van der Waals surface area contributed by atoms with Gasteiger partial charge in [-0.15, -0.1) is 10.2 Å². The highest BCUT2D eigenvalue weighted by atomic mass is 35.5. The molecule has 4 rings (SSSR count). The Labute approximate surface area is 133 Å². The summed E-state index contributed by atoms with van der Waals surface area (Å²) in [5.41, 5.74) is 2.92. The van der Waals surface area contributed by atoms with Crippen molar-refractivity contribution >= 4 is 22.9 Å². The predicted octanol–water partition coefficient (Wildman–Crippen LogP) is 2.46. The maximum absolute atomic E-state index is 6.27. The van der Waals surface area contributed by atoms with E-state index in [0.717, 1.165) is 43.2 Å².